The van der Waals surface area contributed by atoms with E-state index in [2.05, 4.69) is 10.3 Å². The van der Waals surface area contributed by atoms with Crippen molar-refractivity contribution in [2.24, 2.45) is 0 Å². The zero-order valence-electron chi connectivity index (χ0n) is 18.1. The van der Waals surface area contributed by atoms with Crippen LogP contribution in [0.3, 0.4) is 0 Å². The average Bonchev–Trinajstić information content (AvgIpc) is 2.85. The van der Waals surface area contributed by atoms with Crippen LogP contribution in [-0.2, 0) is 11.3 Å². The summed E-state index contributed by atoms with van der Waals surface area (Å²) in [7, 11) is 1.59. The molecule has 1 N–H and O–H groups in total. The molecule has 1 amide bonds. The summed E-state index contributed by atoms with van der Waals surface area (Å²) >= 11 is 1.15. The molecule has 0 atom stereocenters. The Morgan fingerprint density at radius 3 is 2.47 bits per heavy atom. The molecule has 0 aliphatic rings. The summed E-state index contributed by atoms with van der Waals surface area (Å²) in [5.74, 6) is 0.396. The molecular formula is C24H20N4O5S. The van der Waals surface area contributed by atoms with Gasteiger partial charge in [0.05, 0.1) is 35.2 Å². The van der Waals surface area contributed by atoms with E-state index in [-0.39, 0.29) is 29.5 Å². The van der Waals surface area contributed by atoms with E-state index >= 15 is 0 Å². The SMILES string of the molecule is COc1ccc(Cn2c(SCC(=O)Nc3ccc([N+](=O)[O-])cc3)nc3ccccc3c2=O)cc1. The van der Waals surface area contributed by atoms with Crippen LogP contribution in [0.5, 0.6) is 5.75 Å². The van der Waals surface area contributed by atoms with E-state index < -0.39 is 4.92 Å². The summed E-state index contributed by atoms with van der Waals surface area (Å²) in [6.45, 7) is 0.285. The smallest absolute Gasteiger partial charge is 0.269 e. The lowest BCUT2D eigenvalue weighted by atomic mass is 10.2. The van der Waals surface area contributed by atoms with Crippen LogP contribution in [0.25, 0.3) is 10.9 Å². The van der Waals surface area contributed by atoms with Crippen LogP contribution < -0.4 is 15.6 Å². The highest BCUT2D eigenvalue weighted by Crippen LogP contribution is 2.21. The summed E-state index contributed by atoms with van der Waals surface area (Å²) in [4.78, 5) is 40.6. The molecule has 9 nitrogen and oxygen atoms in total. The van der Waals surface area contributed by atoms with Gasteiger partial charge in [0.1, 0.15) is 5.75 Å². The summed E-state index contributed by atoms with van der Waals surface area (Å²) in [6.07, 6.45) is 0. The minimum Gasteiger partial charge on any atom is -0.497 e. The molecule has 1 heterocycles. The average molecular weight is 477 g/mol. The molecule has 0 saturated heterocycles. The molecule has 172 valence electrons. The van der Waals surface area contributed by atoms with Crippen LogP contribution in [-0.4, -0.2) is 33.2 Å². The van der Waals surface area contributed by atoms with Crippen LogP contribution in [0.2, 0.25) is 0 Å². The lowest BCUT2D eigenvalue weighted by molar-refractivity contribution is -0.384. The van der Waals surface area contributed by atoms with Crippen molar-refractivity contribution in [2.75, 3.05) is 18.2 Å². The van der Waals surface area contributed by atoms with Crippen LogP contribution in [0, 0.1) is 10.1 Å². The minimum absolute atomic E-state index is 0.00435. The van der Waals surface area contributed by atoms with E-state index in [1.165, 1.54) is 24.3 Å². The number of anilines is 1. The predicted molar refractivity (Wildman–Crippen MR) is 131 cm³/mol. The Morgan fingerprint density at radius 1 is 1.09 bits per heavy atom. The molecule has 0 radical (unpaired) electrons. The fraction of sp³-hybridized carbons (Fsp3) is 0.125. The molecule has 0 fully saturated rings. The first kappa shape index (κ1) is 23.0. The number of carbonyl (C=O) groups excluding carboxylic acids is 1. The number of amides is 1. The second-order valence-corrected chi connectivity index (χ2v) is 8.23. The molecule has 0 aliphatic heterocycles. The number of thioether (sulfide) groups is 1. The van der Waals surface area contributed by atoms with Gasteiger partial charge in [-0.25, -0.2) is 4.98 Å². The van der Waals surface area contributed by atoms with E-state index in [1.54, 1.807) is 35.9 Å². The molecule has 0 bridgehead atoms. The number of hydrogen-bond donors (Lipinski definition) is 1. The molecule has 3 aromatic carbocycles. The Labute approximate surface area is 198 Å². The number of benzene rings is 3. The summed E-state index contributed by atoms with van der Waals surface area (Å²) in [5, 5.41) is 14.4. The van der Waals surface area contributed by atoms with Gasteiger partial charge in [0, 0.05) is 17.8 Å². The molecule has 0 aliphatic carbocycles. The highest BCUT2D eigenvalue weighted by Gasteiger charge is 2.14. The second kappa shape index (κ2) is 10.2. The first-order chi connectivity index (χ1) is 16.4. The van der Waals surface area contributed by atoms with Crippen molar-refractivity contribution >= 4 is 39.9 Å². The van der Waals surface area contributed by atoms with Gasteiger partial charge in [-0.15, -0.1) is 0 Å². The van der Waals surface area contributed by atoms with Crippen LogP contribution >= 0.6 is 11.8 Å². The molecular weight excluding hydrogens is 456 g/mol. The van der Waals surface area contributed by atoms with E-state index in [0.29, 0.717) is 27.5 Å². The van der Waals surface area contributed by atoms with Gasteiger partial charge in [-0.3, -0.25) is 24.3 Å². The number of fused-ring (bicyclic) bond motifs is 1. The number of nitrogens with zero attached hydrogens (tertiary/aromatic N) is 3. The van der Waals surface area contributed by atoms with E-state index in [1.807, 2.05) is 24.3 Å². The van der Waals surface area contributed by atoms with Crippen molar-refractivity contribution in [3.8, 4) is 5.75 Å². The van der Waals surface area contributed by atoms with E-state index in [9.17, 15) is 19.7 Å². The predicted octanol–water partition coefficient (Wildman–Crippen LogP) is 4.09. The van der Waals surface area contributed by atoms with Crippen molar-refractivity contribution in [1.29, 1.82) is 0 Å². The maximum absolute atomic E-state index is 13.2. The van der Waals surface area contributed by atoms with Crippen molar-refractivity contribution < 1.29 is 14.5 Å². The second-order valence-electron chi connectivity index (χ2n) is 7.29. The number of carbonyl (C=O) groups is 1. The van der Waals surface area contributed by atoms with Gasteiger partial charge in [0.25, 0.3) is 11.2 Å². The highest BCUT2D eigenvalue weighted by molar-refractivity contribution is 7.99. The Bertz CT molecular complexity index is 1400. The van der Waals surface area contributed by atoms with Gasteiger partial charge in [-0.1, -0.05) is 36.0 Å². The molecule has 0 unspecified atom stereocenters. The molecule has 4 rings (SSSR count). The number of methoxy groups -OCH3 is 1. The molecule has 34 heavy (non-hydrogen) atoms. The fourth-order valence-corrected chi connectivity index (χ4v) is 4.10. The lowest BCUT2D eigenvalue weighted by Crippen LogP contribution is -2.24. The van der Waals surface area contributed by atoms with Gasteiger partial charge in [-0.2, -0.15) is 0 Å². The van der Waals surface area contributed by atoms with Crippen molar-refractivity contribution in [1.82, 2.24) is 9.55 Å². The third-order valence-corrected chi connectivity index (χ3v) is 6.00. The highest BCUT2D eigenvalue weighted by atomic mass is 32.2. The number of aromatic nitrogens is 2. The number of non-ortho nitro benzene ring substituents is 1. The third kappa shape index (κ3) is 5.24. The molecule has 4 aromatic rings. The van der Waals surface area contributed by atoms with Crippen molar-refractivity contribution in [2.45, 2.75) is 11.7 Å². The van der Waals surface area contributed by atoms with E-state index in [0.717, 1.165) is 17.3 Å². The first-order valence-corrected chi connectivity index (χ1v) is 11.2. The topological polar surface area (TPSA) is 116 Å². The third-order valence-electron chi connectivity index (χ3n) is 5.02. The van der Waals surface area contributed by atoms with Crippen LogP contribution in [0.1, 0.15) is 5.56 Å². The Hall–Kier alpha value is -4.18. The number of ether oxygens (including phenoxy) is 1. The molecule has 0 saturated carbocycles. The van der Waals surface area contributed by atoms with Gasteiger partial charge in [-0.05, 0) is 42.0 Å². The zero-order valence-corrected chi connectivity index (χ0v) is 19.0. The Balaban J connectivity index is 1.56. The molecule has 10 heteroatoms. The maximum atomic E-state index is 13.2. The maximum Gasteiger partial charge on any atom is 0.269 e. The van der Waals surface area contributed by atoms with Crippen LogP contribution in [0.4, 0.5) is 11.4 Å². The largest absolute Gasteiger partial charge is 0.497 e. The number of nitro benzene ring substituents is 1. The van der Waals surface area contributed by atoms with Crippen LogP contribution in [0.15, 0.2) is 82.7 Å². The van der Waals surface area contributed by atoms with E-state index in [4.69, 9.17) is 4.74 Å². The number of hydrogen-bond acceptors (Lipinski definition) is 7. The van der Waals surface area contributed by atoms with Crippen molar-refractivity contribution in [3.05, 3.63) is 98.8 Å². The fourth-order valence-electron chi connectivity index (χ4n) is 3.30. The number of nitrogens with one attached hydrogen (secondary N) is 1. The number of nitro groups is 1. The zero-order chi connectivity index (χ0) is 24.1. The summed E-state index contributed by atoms with van der Waals surface area (Å²) in [5.41, 5.74) is 1.63. The van der Waals surface area contributed by atoms with Crippen molar-refractivity contribution in [3.63, 3.8) is 0 Å². The minimum atomic E-state index is -0.505. The normalized spacial score (nSPS) is 10.7. The molecule has 1 aromatic heterocycles. The van der Waals surface area contributed by atoms with Gasteiger partial charge >= 0.3 is 0 Å². The monoisotopic (exact) mass is 476 g/mol. The first-order valence-electron chi connectivity index (χ1n) is 10.2. The summed E-state index contributed by atoms with van der Waals surface area (Å²) < 4.78 is 6.74. The summed E-state index contributed by atoms with van der Waals surface area (Å²) in [6, 6.07) is 20.0. The quantitative estimate of drug-likeness (QED) is 0.176. The standard InChI is InChI=1S/C24H20N4O5S/c1-33-19-12-6-16(7-13-19)14-27-23(30)20-4-2-3-5-21(20)26-24(27)34-15-22(29)25-17-8-10-18(11-9-17)28(31)32/h2-13H,14-15H2,1H3,(H,25,29). The van der Waals surface area contributed by atoms with Gasteiger partial charge < -0.3 is 10.1 Å². The molecule has 0 spiro atoms. The Morgan fingerprint density at radius 2 is 1.79 bits per heavy atom. The number of para-hydroxylation sites is 1. The lowest BCUT2D eigenvalue weighted by Gasteiger charge is -2.13. The van der Waals surface area contributed by atoms with Gasteiger partial charge in [0.15, 0.2) is 5.16 Å². The Kier molecular flexibility index (Phi) is 6.88. The number of rotatable bonds is 8. The van der Waals surface area contributed by atoms with Gasteiger partial charge in [0.2, 0.25) is 5.91 Å².